The van der Waals surface area contributed by atoms with Gasteiger partial charge < -0.3 is 9.80 Å². The molecule has 2 aliphatic heterocycles. The SMILES string of the molecule is CN(C)c1ccc(C(=O)N2CCN=C2N2CCCCC2)cc1. The minimum absolute atomic E-state index is 0.0622. The monoisotopic (exact) mass is 300 g/mol. The standard InChI is InChI=1S/C17H24N4O/c1-19(2)15-8-6-14(7-9-15)16(22)21-13-10-18-17(21)20-11-4-3-5-12-20/h6-9H,3-5,10-13H2,1-2H3. The second-order valence-electron chi connectivity index (χ2n) is 6.13. The summed E-state index contributed by atoms with van der Waals surface area (Å²) in [6.07, 6.45) is 3.67. The molecule has 0 atom stereocenters. The maximum atomic E-state index is 12.8. The Labute approximate surface area is 132 Å². The number of carbonyl (C=O) groups is 1. The van der Waals surface area contributed by atoms with Crippen molar-refractivity contribution in [3.8, 4) is 0 Å². The first kappa shape index (κ1) is 14.9. The third-order valence-electron chi connectivity index (χ3n) is 4.33. The van der Waals surface area contributed by atoms with Crippen LogP contribution in [-0.2, 0) is 0 Å². The highest BCUT2D eigenvalue weighted by atomic mass is 16.2. The van der Waals surface area contributed by atoms with Crippen molar-refractivity contribution in [3.05, 3.63) is 29.8 Å². The molecule has 0 radical (unpaired) electrons. The van der Waals surface area contributed by atoms with Gasteiger partial charge in [0.15, 0.2) is 0 Å². The molecule has 1 aromatic rings. The minimum atomic E-state index is 0.0622. The van der Waals surface area contributed by atoms with Crippen LogP contribution in [0.15, 0.2) is 29.3 Å². The van der Waals surface area contributed by atoms with Crippen LogP contribution >= 0.6 is 0 Å². The Balaban J connectivity index is 1.74. The molecule has 1 saturated heterocycles. The van der Waals surface area contributed by atoms with Gasteiger partial charge in [0.2, 0.25) is 5.96 Å². The van der Waals surface area contributed by atoms with Crippen LogP contribution in [0, 0.1) is 0 Å². The number of benzene rings is 1. The average Bonchev–Trinajstić information content (AvgIpc) is 3.04. The van der Waals surface area contributed by atoms with E-state index in [0.29, 0.717) is 13.1 Å². The van der Waals surface area contributed by atoms with Gasteiger partial charge in [0.25, 0.3) is 5.91 Å². The van der Waals surface area contributed by atoms with Gasteiger partial charge in [0.1, 0.15) is 0 Å². The molecule has 2 aliphatic rings. The van der Waals surface area contributed by atoms with Crippen molar-refractivity contribution in [2.45, 2.75) is 19.3 Å². The number of nitrogens with zero attached hydrogens (tertiary/aromatic N) is 4. The second kappa shape index (κ2) is 6.38. The Bertz CT molecular complexity index is 559. The molecule has 5 heteroatoms. The Morgan fingerprint density at radius 3 is 2.36 bits per heavy atom. The number of rotatable bonds is 2. The van der Waals surface area contributed by atoms with Gasteiger partial charge in [-0.2, -0.15) is 0 Å². The lowest BCUT2D eigenvalue weighted by Gasteiger charge is -2.32. The summed E-state index contributed by atoms with van der Waals surface area (Å²) in [5, 5.41) is 0. The molecule has 1 aromatic carbocycles. The van der Waals surface area contributed by atoms with Crippen molar-refractivity contribution in [3.63, 3.8) is 0 Å². The van der Waals surface area contributed by atoms with Crippen molar-refractivity contribution in [2.24, 2.45) is 4.99 Å². The molecular formula is C17H24N4O. The number of guanidine groups is 1. The van der Waals surface area contributed by atoms with Crippen LogP contribution in [0.1, 0.15) is 29.6 Å². The number of piperidine rings is 1. The van der Waals surface area contributed by atoms with Crippen LogP contribution in [0.2, 0.25) is 0 Å². The fourth-order valence-corrected chi connectivity index (χ4v) is 3.05. The van der Waals surface area contributed by atoms with Crippen LogP contribution in [0.4, 0.5) is 5.69 Å². The van der Waals surface area contributed by atoms with Crippen molar-refractivity contribution >= 4 is 17.6 Å². The van der Waals surface area contributed by atoms with Crippen LogP contribution in [0.25, 0.3) is 0 Å². The fourth-order valence-electron chi connectivity index (χ4n) is 3.05. The fraction of sp³-hybridized carbons (Fsp3) is 0.529. The van der Waals surface area contributed by atoms with E-state index in [-0.39, 0.29) is 5.91 Å². The zero-order chi connectivity index (χ0) is 15.5. The van der Waals surface area contributed by atoms with E-state index in [1.165, 1.54) is 19.3 Å². The summed E-state index contributed by atoms with van der Waals surface area (Å²) in [5.41, 5.74) is 1.83. The second-order valence-corrected chi connectivity index (χ2v) is 6.13. The molecule has 0 spiro atoms. The van der Waals surface area contributed by atoms with Gasteiger partial charge in [0.05, 0.1) is 6.54 Å². The van der Waals surface area contributed by atoms with Gasteiger partial charge in [-0.25, -0.2) is 0 Å². The van der Waals surface area contributed by atoms with Crippen LogP contribution in [0.5, 0.6) is 0 Å². The molecule has 2 heterocycles. The summed E-state index contributed by atoms with van der Waals surface area (Å²) >= 11 is 0. The summed E-state index contributed by atoms with van der Waals surface area (Å²) in [5.74, 6) is 0.938. The first-order valence-electron chi connectivity index (χ1n) is 8.05. The number of carbonyl (C=O) groups excluding carboxylic acids is 1. The third-order valence-corrected chi connectivity index (χ3v) is 4.33. The van der Waals surface area contributed by atoms with E-state index in [2.05, 4.69) is 9.89 Å². The number of hydrogen-bond donors (Lipinski definition) is 0. The molecule has 0 N–H and O–H groups in total. The molecule has 1 fully saturated rings. The molecule has 0 saturated carbocycles. The number of anilines is 1. The molecule has 1 amide bonds. The summed E-state index contributed by atoms with van der Waals surface area (Å²) < 4.78 is 0. The first-order chi connectivity index (χ1) is 10.7. The maximum Gasteiger partial charge on any atom is 0.260 e. The smallest absolute Gasteiger partial charge is 0.260 e. The van der Waals surface area contributed by atoms with E-state index < -0.39 is 0 Å². The Morgan fingerprint density at radius 2 is 1.73 bits per heavy atom. The van der Waals surface area contributed by atoms with Crippen molar-refractivity contribution in [1.82, 2.24) is 9.80 Å². The summed E-state index contributed by atoms with van der Waals surface area (Å²) in [6.45, 7) is 3.44. The van der Waals surface area contributed by atoms with E-state index in [0.717, 1.165) is 30.3 Å². The molecular weight excluding hydrogens is 276 g/mol. The Kier molecular flexibility index (Phi) is 4.32. The summed E-state index contributed by atoms with van der Waals surface area (Å²) in [6, 6.07) is 7.79. The van der Waals surface area contributed by atoms with Gasteiger partial charge >= 0.3 is 0 Å². The lowest BCUT2D eigenvalue weighted by atomic mass is 10.1. The third kappa shape index (κ3) is 2.93. The highest BCUT2D eigenvalue weighted by Crippen LogP contribution is 2.18. The number of aliphatic imine (C=N–C) groups is 1. The van der Waals surface area contributed by atoms with Gasteiger partial charge in [0, 0.05) is 45.0 Å². The highest BCUT2D eigenvalue weighted by molar-refractivity contribution is 6.06. The van der Waals surface area contributed by atoms with E-state index in [4.69, 9.17) is 0 Å². The quantitative estimate of drug-likeness (QED) is 0.839. The van der Waals surface area contributed by atoms with Crippen molar-refractivity contribution < 1.29 is 4.79 Å². The molecule has 0 aliphatic carbocycles. The van der Waals surface area contributed by atoms with Gasteiger partial charge in [-0.15, -0.1) is 0 Å². The normalized spacial score (nSPS) is 18.4. The molecule has 3 rings (SSSR count). The first-order valence-corrected chi connectivity index (χ1v) is 8.05. The zero-order valence-corrected chi connectivity index (χ0v) is 13.5. The molecule has 0 aromatic heterocycles. The van der Waals surface area contributed by atoms with E-state index >= 15 is 0 Å². The highest BCUT2D eigenvalue weighted by Gasteiger charge is 2.29. The number of amides is 1. The van der Waals surface area contributed by atoms with Gasteiger partial charge in [-0.3, -0.25) is 14.7 Å². The van der Waals surface area contributed by atoms with Gasteiger partial charge in [-0.05, 0) is 43.5 Å². The van der Waals surface area contributed by atoms with E-state index in [9.17, 15) is 4.79 Å². The largest absolute Gasteiger partial charge is 0.378 e. The number of likely N-dealkylation sites (tertiary alicyclic amines) is 1. The lowest BCUT2D eigenvalue weighted by Crippen LogP contribution is -2.46. The molecule has 0 unspecified atom stereocenters. The van der Waals surface area contributed by atoms with Crippen LogP contribution < -0.4 is 4.90 Å². The number of hydrogen-bond acceptors (Lipinski definition) is 4. The van der Waals surface area contributed by atoms with E-state index in [1.54, 1.807) is 0 Å². The molecule has 0 bridgehead atoms. The molecule has 5 nitrogen and oxygen atoms in total. The maximum absolute atomic E-state index is 12.8. The topological polar surface area (TPSA) is 39.2 Å². The van der Waals surface area contributed by atoms with Crippen LogP contribution in [-0.4, -0.2) is 61.9 Å². The Morgan fingerprint density at radius 1 is 1.05 bits per heavy atom. The van der Waals surface area contributed by atoms with Crippen molar-refractivity contribution in [2.75, 3.05) is 45.2 Å². The molecule has 118 valence electrons. The van der Waals surface area contributed by atoms with Gasteiger partial charge in [-0.1, -0.05) is 0 Å². The molecule has 22 heavy (non-hydrogen) atoms. The van der Waals surface area contributed by atoms with E-state index in [1.807, 2.05) is 48.2 Å². The predicted octanol–water partition coefficient (Wildman–Crippen LogP) is 2.05. The van der Waals surface area contributed by atoms with Crippen LogP contribution in [0.3, 0.4) is 0 Å². The van der Waals surface area contributed by atoms with Crippen molar-refractivity contribution in [1.29, 1.82) is 0 Å². The Hall–Kier alpha value is -2.04. The zero-order valence-electron chi connectivity index (χ0n) is 13.5. The predicted molar refractivity (Wildman–Crippen MR) is 89.5 cm³/mol. The average molecular weight is 300 g/mol. The minimum Gasteiger partial charge on any atom is -0.378 e. The summed E-state index contributed by atoms with van der Waals surface area (Å²) in [4.78, 5) is 23.5. The summed E-state index contributed by atoms with van der Waals surface area (Å²) in [7, 11) is 4.00. The lowest BCUT2D eigenvalue weighted by molar-refractivity contribution is 0.0841.